The largest absolute Gasteiger partial charge is 0.484 e. The summed E-state index contributed by atoms with van der Waals surface area (Å²) in [5.41, 5.74) is 4.03. The molecule has 38 heavy (non-hydrogen) atoms. The Morgan fingerprint density at radius 3 is 2.21 bits per heavy atom. The summed E-state index contributed by atoms with van der Waals surface area (Å²) < 4.78 is 7.97. The van der Waals surface area contributed by atoms with E-state index in [-0.39, 0.29) is 24.5 Å². The average molecular weight is 642 g/mol. The number of carbonyl (C=O) groups is 2. The monoisotopic (exact) mass is 640 g/mol. The standard InChI is InChI=1S/C31H34Br2N2O3/c1-21-16-27(17-22(2)30(21)33)38-20-29(36)35(19-24-12-14-25(32)15-13-24)28(18-23-8-4-3-5-9-23)31(37)34-26-10-6-7-11-26/h3-5,8-9,12-17,26,28H,6-7,10-11,18-20H2,1-2H3,(H,34,37). The van der Waals surface area contributed by atoms with E-state index in [0.717, 1.165) is 56.9 Å². The molecule has 3 aromatic carbocycles. The number of rotatable bonds is 10. The Morgan fingerprint density at radius 1 is 0.947 bits per heavy atom. The summed E-state index contributed by atoms with van der Waals surface area (Å²) in [6, 6.07) is 21.1. The van der Waals surface area contributed by atoms with Gasteiger partial charge in [0, 0.05) is 28.0 Å². The average Bonchev–Trinajstić information content (AvgIpc) is 3.42. The van der Waals surface area contributed by atoms with Crippen molar-refractivity contribution in [3.05, 3.63) is 97.9 Å². The van der Waals surface area contributed by atoms with Gasteiger partial charge in [-0.3, -0.25) is 9.59 Å². The van der Waals surface area contributed by atoms with Gasteiger partial charge in [-0.25, -0.2) is 0 Å². The van der Waals surface area contributed by atoms with Crippen LogP contribution in [0.15, 0.2) is 75.7 Å². The van der Waals surface area contributed by atoms with E-state index in [1.54, 1.807) is 4.90 Å². The second kappa shape index (κ2) is 13.4. The molecule has 0 spiro atoms. The number of halogens is 2. The van der Waals surface area contributed by atoms with Crippen LogP contribution < -0.4 is 10.1 Å². The Labute approximate surface area is 242 Å². The molecule has 0 heterocycles. The number of nitrogens with zero attached hydrogens (tertiary/aromatic N) is 1. The predicted molar refractivity (Wildman–Crippen MR) is 158 cm³/mol. The van der Waals surface area contributed by atoms with E-state index in [9.17, 15) is 9.59 Å². The zero-order chi connectivity index (χ0) is 27.1. The number of carbonyl (C=O) groups excluding carboxylic acids is 2. The molecule has 0 bridgehead atoms. The topological polar surface area (TPSA) is 58.6 Å². The third kappa shape index (κ3) is 7.70. The Morgan fingerprint density at radius 2 is 1.58 bits per heavy atom. The number of ether oxygens (including phenoxy) is 1. The van der Waals surface area contributed by atoms with E-state index < -0.39 is 6.04 Å². The molecule has 4 rings (SSSR count). The third-order valence-corrected chi connectivity index (χ3v) is 8.79. The highest BCUT2D eigenvalue weighted by atomic mass is 79.9. The van der Waals surface area contributed by atoms with Gasteiger partial charge in [0.05, 0.1) is 0 Å². The Hall–Kier alpha value is -2.64. The van der Waals surface area contributed by atoms with Crippen LogP contribution >= 0.6 is 31.9 Å². The first-order valence-electron chi connectivity index (χ1n) is 13.1. The first kappa shape index (κ1) is 28.4. The molecule has 1 aliphatic carbocycles. The molecule has 5 nitrogen and oxygen atoms in total. The highest BCUT2D eigenvalue weighted by Gasteiger charge is 2.32. The van der Waals surface area contributed by atoms with Gasteiger partial charge in [0.1, 0.15) is 11.8 Å². The molecule has 1 aliphatic rings. The molecule has 3 aromatic rings. The normalized spacial score (nSPS) is 14.2. The van der Waals surface area contributed by atoms with Crippen LogP contribution in [0, 0.1) is 13.8 Å². The van der Waals surface area contributed by atoms with Crippen molar-refractivity contribution < 1.29 is 14.3 Å². The molecule has 200 valence electrons. The van der Waals surface area contributed by atoms with Crippen LogP contribution in [0.5, 0.6) is 5.75 Å². The first-order chi connectivity index (χ1) is 18.3. The van der Waals surface area contributed by atoms with E-state index in [4.69, 9.17) is 4.74 Å². The van der Waals surface area contributed by atoms with Gasteiger partial charge in [0.2, 0.25) is 5.91 Å². The van der Waals surface area contributed by atoms with Crippen LogP contribution in [0.2, 0.25) is 0 Å². The maximum atomic E-state index is 13.8. The SMILES string of the molecule is Cc1cc(OCC(=O)N(Cc2ccc(Br)cc2)C(Cc2ccccc2)C(=O)NC2CCCC2)cc(C)c1Br. The van der Waals surface area contributed by atoms with Crippen molar-refractivity contribution in [3.8, 4) is 5.75 Å². The van der Waals surface area contributed by atoms with Crippen LogP contribution in [0.3, 0.4) is 0 Å². The molecule has 7 heteroatoms. The summed E-state index contributed by atoms with van der Waals surface area (Å²) in [4.78, 5) is 29.2. The van der Waals surface area contributed by atoms with Crippen LogP contribution in [0.25, 0.3) is 0 Å². The Balaban J connectivity index is 1.61. The Kier molecular flexibility index (Phi) is 10.0. The van der Waals surface area contributed by atoms with Gasteiger partial charge in [-0.2, -0.15) is 0 Å². The quantitative estimate of drug-likeness (QED) is 0.262. The minimum absolute atomic E-state index is 0.110. The molecular formula is C31H34Br2N2O3. The lowest BCUT2D eigenvalue weighted by Gasteiger charge is -2.32. The van der Waals surface area contributed by atoms with E-state index in [2.05, 4.69) is 37.2 Å². The number of hydrogen-bond donors (Lipinski definition) is 1. The van der Waals surface area contributed by atoms with Crippen LogP contribution in [0.1, 0.15) is 47.9 Å². The molecule has 0 aliphatic heterocycles. The number of benzene rings is 3. The van der Waals surface area contributed by atoms with Crippen molar-refractivity contribution in [1.82, 2.24) is 10.2 Å². The molecule has 1 fully saturated rings. The predicted octanol–water partition coefficient (Wildman–Crippen LogP) is 6.91. The molecule has 1 unspecified atom stereocenters. The highest BCUT2D eigenvalue weighted by Crippen LogP contribution is 2.27. The van der Waals surface area contributed by atoms with Gasteiger partial charge in [-0.05, 0) is 73.2 Å². The van der Waals surface area contributed by atoms with Crippen LogP contribution in [-0.4, -0.2) is 35.4 Å². The second-order valence-electron chi connectivity index (χ2n) is 10.0. The summed E-state index contributed by atoms with van der Waals surface area (Å²) in [5.74, 6) is 0.297. The summed E-state index contributed by atoms with van der Waals surface area (Å²) in [5, 5.41) is 3.24. The van der Waals surface area contributed by atoms with Gasteiger partial charge >= 0.3 is 0 Å². The zero-order valence-electron chi connectivity index (χ0n) is 21.9. The maximum absolute atomic E-state index is 13.8. The van der Waals surface area contributed by atoms with E-state index in [1.807, 2.05) is 80.6 Å². The molecule has 0 aromatic heterocycles. The summed E-state index contributed by atoms with van der Waals surface area (Å²) >= 11 is 7.07. The summed E-state index contributed by atoms with van der Waals surface area (Å²) in [7, 11) is 0. The molecular weight excluding hydrogens is 608 g/mol. The van der Waals surface area contributed by atoms with Crippen molar-refractivity contribution in [2.24, 2.45) is 0 Å². The minimum Gasteiger partial charge on any atom is -0.484 e. The van der Waals surface area contributed by atoms with Crippen molar-refractivity contribution >= 4 is 43.7 Å². The van der Waals surface area contributed by atoms with Crippen LogP contribution in [0.4, 0.5) is 0 Å². The van der Waals surface area contributed by atoms with Crippen molar-refractivity contribution in [3.63, 3.8) is 0 Å². The third-order valence-electron chi connectivity index (χ3n) is 7.01. The second-order valence-corrected chi connectivity index (χ2v) is 11.7. The molecule has 0 saturated heterocycles. The highest BCUT2D eigenvalue weighted by molar-refractivity contribution is 9.10. The fraction of sp³-hybridized carbons (Fsp3) is 0.355. The van der Waals surface area contributed by atoms with E-state index in [1.165, 1.54) is 0 Å². The number of hydrogen-bond acceptors (Lipinski definition) is 3. The number of aryl methyl sites for hydroxylation is 2. The van der Waals surface area contributed by atoms with Crippen molar-refractivity contribution in [2.45, 2.75) is 64.6 Å². The summed E-state index contributed by atoms with van der Waals surface area (Å²) in [6.07, 6.45) is 4.63. The number of nitrogens with one attached hydrogen (secondary N) is 1. The first-order valence-corrected chi connectivity index (χ1v) is 14.7. The smallest absolute Gasteiger partial charge is 0.261 e. The van der Waals surface area contributed by atoms with Crippen molar-refractivity contribution in [2.75, 3.05) is 6.61 Å². The van der Waals surface area contributed by atoms with Gasteiger partial charge in [0.15, 0.2) is 6.61 Å². The molecule has 0 radical (unpaired) electrons. The lowest BCUT2D eigenvalue weighted by molar-refractivity contribution is -0.143. The molecule has 1 N–H and O–H groups in total. The van der Waals surface area contributed by atoms with Gasteiger partial charge in [-0.1, -0.05) is 87.2 Å². The fourth-order valence-electron chi connectivity index (χ4n) is 4.93. The van der Waals surface area contributed by atoms with Gasteiger partial charge in [0.25, 0.3) is 5.91 Å². The van der Waals surface area contributed by atoms with Gasteiger partial charge < -0.3 is 15.0 Å². The lowest BCUT2D eigenvalue weighted by Crippen LogP contribution is -2.53. The van der Waals surface area contributed by atoms with E-state index in [0.29, 0.717) is 18.7 Å². The lowest BCUT2D eigenvalue weighted by atomic mass is 10.0. The fourth-order valence-corrected chi connectivity index (χ4v) is 5.42. The summed E-state index contributed by atoms with van der Waals surface area (Å²) in [6.45, 7) is 4.15. The molecule has 1 atom stereocenters. The minimum atomic E-state index is -0.661. The van der Waals surface area contributed by atoms with Crippen molar-refractivity contribution in [1.29, 1.82) is 0 Å². The molecule has 1 saturated carbocycles. The molecule has 2 amide bonds. The number of amides is 2. The zero-order valence-corrected chi connectivity index (χ0v) is 25.1. The maximum Gasteiger partial charge on any atom is 0.261 e. The van der Waals surface area contributed by atoms with E-state index >= 15 is 0 Å². The Bertz CT molecular complexity index is 1220. The van der Waals surface area contributed by atoms with Crippen LogP contribution in [-0.2, 0) is 22.6 Å². The van der Waals surface area contributed by atoms with Gasteiger partial charge in [-0.15, -0.1) is 0 Å².